The van der Waals surface area contributed by atoms with E-state index >= 15 is 0 Å². The Labute approximate surface area is 121 Å². The summed E-state index contributed by atoms with van der Waals surface area (Å²) in [7, 11) is 1.73. The van der Waals surface area contributed by atoms with Gasteiger partial charge in [-0.05, 0) is 30.5 Å². The number of nitrogens with one attached hydrogen (secondary N) is 1. The molecule has 0 spiro atoms. The molecule has 2 nitrogen and oxygen atoms in total. The van der Waals surface area contributed by atoms with Crippen LogP contribution in [-0.2, 0) is 4.74 Å². The molecule has 18 heavy (non-hydrogen) atoms. The number of methoxy groups -OCH3 is 1. The second kappa shape index (κ2) is 6.68. The molecule has 98 valence electrons. The molecule has 1 N–H and O–H groups in total. The maximum Gasteiger partial charge on any atom is 0.0931 e. The molecule has 0 fully saturated rings. The SMILES string of the molecule is COC(C)CNC(c1cccs1)c1ccc(Cl)s1. The summed E-state index contributed by atoms with van der Waals surface area (Å²) < 4.78 is 6.10. The molecule has 0 aromatic carbocycles. The second-order valence-electron chi connectivity index (χ2n) is 4.04. The first-order valence-corrected chi connectivity index (χ1v) is 7.83. The van der Waals surface area contributed by atoms with E-state index in [0.717, 1.165) is 10.9 Å². The van der Waals surface area contributed by atoms with E-state index in [0.29, 0.717) is 0 Å². The molecular weight excluding hydrogens is 286 g/mol. The van der Waals surface area contributed by atoms with Gasteiger partial charge in [0.25, 0.3) is 0 Å². The van der Waals surface area contributed by atoms with Crippen LogP contribution in [0.4, 0.5) is 0 Å². The van der Waals surface area contributed by atoms with Gasteiger partial charge in [-0.2, -0.15) is 0 Å². The molecular formula is C13H16ClNOS2. The highest BCUT2D eigenvalue weighted by Gasteiger charge is 2.17. The first kappa shape index (κ1) is 14.0. The molecule has 0 amide bonds. The maximum atomic E-state index is 6.03. The molecule has 2 aromatic heterocycles. The van der Waals surface area contributed by atoms with Gasteiger partial charge in [0, 0.05) is 23.4 Å². The zero-order chi connectivity index (χ0) is 13.0. The molecule has 0 saturated carbocycles. The van der Waals surface area contributed by atoms with Crippen molar-refractivity contribution < 1.29 is 4.74 Å². The molecule has 0 aliphatic rings. The van der Waals surface area contributed by atoms with Gasteiger partial charge in [-0.1, -0.05) is 17.7 Å². The van der Waals surface area contributed by atoms with Gasteiger partial charge in [0.15, 0.2) is 0 Å². The lowest BCUT2D eigenvalue weighted by Crippen LogP contribution is -2.29. The molecule has 2 atom stereocenters. The molecule has 2 heterocycles. The predicted molar refractivity (Wildman–Crippen MR) is 80.0 cm³/mol. The Morgan fingerprint density at radius 3 is 2.72 bits per heavy atom. The van der Waals surface area contributed by atoms with Crippen LogP contribution >= 0.6 is 34.3 Å². The van der Waals surface area contributed by atoms with Gasteiger partial charge in [0.05, 0.1) is 16.5 Å². The number of ether oxygens (including phenoxy) is 1. The minimum absolute atomic E-state index is 0.197. The fourth-order valence-electron chi connectivity index (χ4n) is 1.65. The van der Waals surface area contributed by atoms with Gasteiger partial charge < -0.3 is 10.1 Å². The summed E-state index contributed by atoms with van der Waals surface area (Å²) in [6.07, 6.45) is 0.197. The standard InChI is InChI=1S/C13H16ClNOS2/c1-9(16-2)8-15-13(10-4-3-7-17-10)11-5-6-12(14)18-11/h3-7,9,13,15H,8H2,1-2H3. The van der Waals surface area contributed by atoms with Crippen molar-refractivity contribution in [3.05, 3.63) is 43.7 Å². The van der Waals surface area contributed by atoms with E-state index in [1.165, 1.54) is 9.75 Å². The number of hydrogen-bond donors (Lipinski definition) is 1. The molecule has 0 saturated heterocycles. The fourth-order valence-corrected chi connectivity index (χ4v) is 3.70. The number of hydrogen-bond acceptors (Lipinski definition) is 4. The van der Waals surface area contributed by atoms with E-state index in [1.807, 2.05) is 6.07 Å². The average Bonchev–Trinajstić information content (AvgIpc) is 3.01. The maximum absolute atomic E-state index is 6.03. The molecule has 2 unspecified atom stereocenters. The van der Waals surface area contributed by atoms with Crippen LogP contribution < -0.4 is 5.32 Å². The highest BCUT2D eigenvalue weighted by molar-refractivity contribution is 7.16. The van der Waals surface area contributed by atoms with Crippen LogP contribution in [0.15, 0.2) is 29.6 Å². The Morgan fingerprint density at radius 2 is 2.17 bits per heavy atom. The summed E-state index contributed by atoms with van der Waals surface area (Å²) in [5.74, 6) is 0. The molecule has 2 rings (SSSR count). The van der Waals surface area contributed by atoms with Crippen molar-refractivity contribution in [2.75, 3.05) is 13.7 Å². The highest BCUT2D eigenvalue weighted by atomic mass is 35.5. The Morgan fingerprint density at radius 1 is 1.33 bits per heavy atom. The lowest BCUT2D eigenvalue weighted by atomic mass is 10.2. The van der Waals surface area contributed by atoms with Crippen molar-refractivity contribution >= 4 is 34.3 Å². The van der Waals surface area contributed by atoms with Crippen molar-refractivity contribution in [2.24, 2.45) is 0 Å². The van der Waals surface area contributed by atoms with Gasteiger partial charge in [0.2, 0.25) is 0 Å². The van der Waals surface area contributed by atoms with Gasteiger partial charge >= 0.3 is 0 Å². The van der Waals surface area contributed by atoms with E-state index < -0.39 is 0 Å². The van der Waals surface area contributed by atoms with Crippen molar-refractivity contribution in [1.29, 1.82) is 0 Å². The Kier molecular flexibility index (Phi) is 5.21. The molecule has 2 aromatic rings. The highest BCUT2D eigenvalue weighted by Crippen LogP contribution is 2.32. The van der Waals surface area contributed by atoms with Crippen LogP contribution in [0.2, 0.25) is 4.34 Å². The zero-order valence-electron chi connectivity index (χ0n) is 10.4. The van der Waals surface area contributed by atoms with Crippen molar-refractivity contribution in [3.8, 4) is 0 Å². The Bertz CT molecular complexity index is 469. The second-order valence-corrected chi connectivity index (χ2v) is 6.77. The largest absolute Gasteiger partial charge is 0.380 e. The third-order valence-electron chi connectivity index (χ3n) is 2.72. The molecule has 0 aliphatic carbocycles. The average molecular weight is 302 g/mol. The quantitative estimate of drug-likeness (QED) is 0.864. The van der Waals surface area contributed by atoms with Crippen LogP contribution in [0.5, 0.6) is 0 Å². The van der Waals surface area contributed by atoms with Gasteiger partial charge in [-0.15, -0.1) is 22.7 Å². The molecule has 0 aliphatic heterocycles. The summed E-state index contributed by atoms with van der Waals surface area (Å²) in [6.45, 7) is 2.87. The molecule has 0 radical (unpaired) electrons. The number of thiophene rings is 2. The summed E-state index contributed by atoms with van der Waals surface area (Å²) >= 11 is 9.40. The van der Waals surface area contributed by atoms with Crippen molar-refractivity contribution in [3.63, 3.8) is 0 Å². The van der Waals surface area contributed by atoms with Crippen LogP contribution in [0.3, 0.4) is 0 Å². The summed E-state index contributed by atoms with van der Waals surface area (Å²) in [6, 6.07) is 8.46. The first-order chi connectivity index (χ1) is 8.70. The summed E-state index contributed by atoms with van der Waals surface area (Å²) in [5, 5.41) is 5.64. The number of rotatable bonds is 6. The van der Waals surface area contributed by atoms with Gasteiger partial charge in [-0.3, -0.25) is 0 Å². The van der Waals surface area contributed by atoms with Gasteiger partial charge in [-0.25, -0.2) is 0 Å². The van der Waals surface area contributed by atoms with Crippen LogP contribution in [0.25, 0.3) is 0 Å². The lowest BCUT2D eigenvalue weighted by Gasteiger charge is -2.18. The van der Waals surface area contributed by atoms with Crippen LogP contribution in [0, 0.1) is 0 Å². The van der Waals surface area contributed by atoms with Crippen LogP contribution in [0.1, 0.15) is 22.7 Å². The zero-order valence-corrected chi connectivity index (χ0v) is 12.7. The van der Waals surface area contributed by atoms with Gasteiger partial charge in [0.1, 0.15) is 0 Å². The minimum atomic E-state index is 0.197. The third-order valence-corrected chi connectivity index (χ3v) is 4.95. The summed E-state index contributed by atoms with van der Waals surface area (Å²) in [5.41, 5.74) is 0. The first-order valence-electron chi connectivity index (χ1n) is 5.75. The number of halogens is 1. The predicted octanol–water partition coefficient (Wildman–Crippen LogP) is 4.18. The van der Waals surface area contributed by atoms with E-state index in [9.17, 15) is 0 Å². The van der Waals surface area contributed by atoms with E-state index in [-0.39, 0.29) is 12.1 Å². The Balaban J connectivity index is 2.13. The van der Waals surface area contributed by atoms with E-state index in [4.69, 9.17) is 16.3 Å². The van der Waals surface area contributed by atoms with Crippen LogP contribution in [-0.4, -0.2) is 19.8 Å². The minimum Gasteiger partial charge on any atom is -0.380 e. The normalized spacial score (nSPS) is 14.6. The summed E-state index contributed by atoms with van der Waals surface area (Å²) in [4.78, 5) is 2.54. The smallest absolute Gasteiger partial charge is 0.0931 e. The Hall–Kier alpha value is -0.390. The third kappa shape index (κ3) is 3.56. The molecule has 5 heteroatoms. The lowest BCUT2D eigenvalue weighted by molar-refractivity contribution is 0.115. The topological polar surface area (TPSA) is 21.3 Å². The molecule has 0 bridgehead atoms. The van der Waals surface area contributed by atoms with Crippen molar-refractivity contribution in [1.82, 2.24) is 5.32 Å². The van der Waals surface area contributed by atoms with Crippen molar-refractivity contribution in [2.45, 2.75) is 19.1 Å². The fraction of sp³-hybridized carbons (Fsp3) is 0.385. The van der Waals surface area contributed by atoms with E-state index in [1.54, 1.807) is 29.8 Å². The monoisotopic (exact) mass is 301 g/mol. The van der Waals surface area contributed by atoms with E-state index in [2.05, 4.69) is 35.8 Å².